The number of nitrogens with zero attached hydrogens (tertiary/aromatic N) is 1. The average Bonchev–Trinajstić information content (AvgIpc) is 1.84. The molecule has 0 aromatic carbocycles. The minimum Gasteiger partial charge on any atom is -1.00 e. The Morgan fingerprint density at radius 3 is 1.75 bits per heavy atom. The number of amides is 1. The van der Waals surface area contributed by atoms with Gasteiger partial charge in [-0.15, -0.1) is 0 Å². The van der Waals surface area contributed by atoms with Gasteiger partial charge in [0.05, 0.1) is 0 Å². The number of hydrogen-bond acceptors (Lipinski definition) is 2. The van der Waals surface area contributed by atoms with Crippen molar-refractivity contribution >= 4 is 12.1 Å². The first kappa shape index (κ1) is 18.5. The molecule has 1 amide bonds. The zero-order valence-electron chi connectivity index (χ0n) is 9.74. The summed E-state index contributed by atoms with van der Waals surface area (Å²) >= 11 is 0. The van der Waals surface area contributed by atoms with Crippen molar-refractivity contribution in [3.63, 3.8) is 0 Å². The molecule has 0 aromatic heterocycles. The second-order valence-electron chi connectivity index (χ2n) is 1.91. The molecule has 0 aliphatic heterocycles. The van der Waals surface area contributed by atoms with Gasteiger partial charge in [0, 0.05) is 7.05 Å². The van der Waals surface area contributed by atoms with Crippen molar-refractivity contribution in [2.45, 2.75) is 13.0 Å². The Balaban J connectivity index is -0.0000000675. The number of rotatable bonds is 2. The van der Waals surface area contributed by atoms with Crippen LogP contribution in [-0.4, -0.2) is 40.3 Å². The number of carboxylic acids is 1. The third-order valence-electron chi connectivity index (χ3n) is 1.24. The van der Waals surface area contributed by atoms with Gasteiger partial charge in [0.2, 0.25) is 0 Å². The van der Waals surface area contributed by atoms with Gasteiger partial charge in [-0.1, -0.05) is 0 Å². The molecular weight excluding hydrogens is 184 g/mol. The summed E-state index contributed by atoms with van der Waals surface area (Å²) in [6, 6.07) is -0.988. The third-order valence-corrected chi connectivity index (χ3v) is 1.24. The maximum Gasteiger partial charge on any atom is 1.00 e. The van der Waals surface area contributed by atoms with E-state index >= 15 is 0 Å². The minimum absolute atomic E-state index is 0. The van der Waals surface area contributed by atoms with Gasteiger partial charge < -0.3 is 13.1 Å². The Labute approximate surface area is 118 Å². The van der Waals surface area contributed by atoms with E-state index in [1.807, 2.05) is 0 Å². The maximum absolute atomic E-state index is 10.1. The van der Waals surface area contributed by atoms with E-state index in [1.165, 1.54) is 14.0 Å². The van der Waals surface area contributed by atoms with Gasteiger partial charge in [-0.3, -0.25) is 4.90 Å². The summed E-state index contributed by atoms with van der Waals surface area (Å²) in [5.41, 5.74) is 0. The van der Waals surface area contributed by atoms with Crippen LogP contribution < -0.4 is 59.1 Å². The van der Waals surface area contributed by atoms with E-state index < -0.39 is 18.1 Å². The molecule has 12 heavy (non-hydrogen) atoms. The van der Waals surface area contributed by atoms with E-state index in [-0.39, 0.29) is 62.0 Å². The topological polar surface area (TPSA) is 77.8 Å². The molecule has 0 radical (unpaired) electrons. The molecule has 5 nitrogen and oxygen atoms in total. The number of carboxylic acid groups (broad SMARTS) is 2. The third kappa shape index (κ3) is 6.28. The van der Waals surface area contributed by atoms with E-state index in [2.05, 4.69) is 0 Å². The average molecular weight is 195 g/mol. The van der Waals surface area contributed by atoms with E-state index in [0.717, 1.165) is 4.90 Å². The Bertz CT molecular complexity index is 154. The van der Waals surface area contributed by atoms with E-state index in [1.54, 1.807) is 0 Å². The minimum atomic E-state index is -1.24. The quantitative estimate of drug-likeness (QED) is 0.430. The molecular formula is C5H11NNa2O4. The Kier molecular flexibility index (Phi) is 12.9. The summed E-state index contributed by atoms with van der Waals surface area (Å²) in [4.78, 5) is 21.0. The Hall–Kier alpha value is 0.740. The van der Waals surface area contributed by atoms with Crippen molar-refractivity contribution in [2.24, 2.45) is 0 Å². The summed E-state index contributed by atoms with van der Waals surface area (Å²) in [7, 11) is 1.21. The van der Waals surface area contributed by atoms with Gasteiger partial charge in [-0.25, -0.2) is 9.59 Å². The molecule has 0 fully saturated rings. The Morgan fingerprint density at radius 2 is 1.67 bits per heavy atom. The summed E-state index contributed by atoms with van der Waals surface area (Å²) in [6.07, 6.45) is -1.24. The molecule has 0 aliphatic rings. The fourth-order valence-corrected chi connectivity index (χ4v) is 0.331. The van der Waals surface area contributed by atoms with Crippen molar-refractivity contribution in [3.8, 4) is 0 Å². The Morgan fingerprint density at radius 1 is 1.33 bits per heavy atom. The van der Waals surface area contributed by atoms with E-state index in [0.29, 0.717) is 0 Å². The van der Waals surface area contributed by atoms with Crippen LogP contribution in [0.3, 0.4) is 0 Å². The predicted octanol–water partition coefficient (Wildman–Crippen LogP) is -5.70. The van der Waals surface area contributed by atoms with Crippen molar-refractivity contribution in [1.82, 2.24) is 4.90 Å². The smallest absolute Gasteiger partial charge is 1.00 e. The van der Waals surface area contributed by atoms with Crippen LogP contribution in [0.25, 0.3) is 0 Å². The van der Waals surface area contributed by atoms with Gasteiger partial charge in [0.25, 0.3) is 0 Å². The predicted molar refractivity (Wildman–Crippen MR) is 35.1 cm³/mol. The summed E-state index contributed by atoms with van der Waals surface area (Å²) in [6.45, 7) is 1.30. The van der Waals surface area contributed by atoms with Gasteiger partial charge in [0.1, 0.15) is 6.04 Å². The van der Waals surface area contributed by atoms with Crippen LogP contribution >= 0.6 is 0 Å². The molecule has 0 spiro atoms. The van der Waals surface area contributed by atoms with Crippen molar-refractivity contribution in [1.29, 1.82) is 0 Å². The van der Waals surface area contributed by atoms with Crippen LogP contribution in [-0.2, 0) is 4.79 Å². The van der Waals surface area contributed by atoms with Crippen LogP contribution in [0.4, 0.5) is 4.79 Å². The van der Waals surface area contributed by atoms with Crippen LogP contribution in [0.2, 0.25) is 0 Å². The molecule has 0 rings (SSSR count). The molecule has 0 saturated heterocycles. The molecule has 7 heteroatoms. The normalized spacial score (nSPS) is 10.2. The van der Waals surface area contributed by atoms with Gasteiger partial charge in [-0.05, 0) is 6.92 Å². The molecule has 62 valence electrons. The van der Waals surface area contributed by atoms with Gasteiger partial charge in [0.15, 0.2) is 0 Å². The monoisotopic (exact) mass is 195 g/mol. The van der Waals surface area contributed by atoms with Crippen LogP contribution in [0.15, 0.2) is 0 Å². The number of aliphatic carboxylic acids is 1. The van der Waals surface area contributed by atoms with Gasteiger partial charge >= 0.3 is 71.2 Å². The molecule has 0 saturated carbocycles. The number of carbonyl (C=O) groups is 2. The first-order chi connectivity index (χ1) is 4.46. The fourth-order valence-electron chi connectivity index (χ4n) is 0.331. The molecule has 0 aromatic rings. The molecule has 0 bridgehead atoms. The van der Waals surface area contributed by atoms with Gasteiger partial charge in [-0.2, -0.15) is 0 Å². The van der Waals surface area contributed by atoms with Crippen LogP contribution in [0.5, 0.6) is 0 Å². The van der Waals surface area contributed by atoms with Crippen molar-refractivity contribution in [2.75, 3.05) is 7.05 Å². The standard InChI is InChI=1S/C5H9NO4.2Na.2H/c1-3(4(7)8)6(2)5(9)10;;;;/h3H,1-2H3,(H,7,8)(H,9,10);;;;/q;2*+1;2*-1. The van der Waals surface area contributed by atoms with E-state index in [9.17, 15) is 9.59 Å². The molecule has 0 heterocycles. The van der Waals surface area contributed by atoms with Crippen LogP contribution in [0.1, 0.15) is 9.78 Å². The zero-order valence-corrected chi connectivity index (χ0v) is 11.7. The summed E-state index contributed by atoms with van der Waals surface area (Å²) in [5, 5.41) is 16.6. The number of likely N-dealkylation sites (N-methyl/N-ethyl adjacent to an activating group) is 1. The molecule has 1 unspecified atom stereocenters. The number of hydrogen-bond donors (Lipinski definition) is 2. The second kappa shape index (κ2) is 8.34. The van der Waals surface area contributed by atoms with E-state index in [4.69, 9.17) is 10.2 Å². The maximum atomic E-state index is 10.1. The largest absolute Gasteiger partial charge is 1.00 e. The SMILES string of the molecule is CC(C(=O)O)N(C)C(=O)O.[H-].[H-].[Na+].[Na+]. The summed E-state index contributed by atoms with van der Waals surface area (Å²) < 4.78 is 0. The van der Waals surface area contributed by atoms with Crippen LogP contribution in [0, 0.1) is 0 Å². The fraction of sp³-hybridized carbons (Fsp3) is 0.600. The second-order valence-corrected chi connectivity index (χ2v) is 1.91. The molecule has 1 atom stereocenters. The first-order valence-electron chi connectivity index (χ1n) is 2.65. The first-order valence-corrected chi connectivity index (χ1v) is 2.65. The van der Waals surface area contributed by atoms with Crippen molar-refractivity contribution < 1.29 is 81.8 Å². The zero-order chi connectivity index (χ0) is 8.31. The molecule has 2 N–H and O–H groups in total. The molecule has 0 aliphatic carbocycles. The van der Waals surface area contributed by atoms with Crippen molar-refractivity contribution in [3.05, 3.63) is 0 Å². The summed E-state index contributed by atoms with van der Waals surface area (Å²) in [5.74, 6) is -1.15.